The van der Waals surface area contributed by atoms with E-state index in [1.807, 2.05) is 0 Å². The molecule has 6 nitrogen and oxygen atoms in total. The van der Waals surface area contributed by atoms with Crippen molar-refractivity contribution < 1.29 is 4.39 Å². The summed E-state index contributed by atoms with van der Waals surface area (Å²) in [5.41, 5.74) is 0.428. The van der Waals surface area contributed by atoms with Crippen molar-refractivity contribution in [3.63, 3.8) is 0 Å². The van der Waals surface area contributed by atoms with Crippen LogP contribution < -0.4 is 5.69 Å². The second kappa shape index (κ2) is 5.04. The Hall–Kier alpha value is -2.83. The second-order valence-electron chi connectivity index (χ2n) is 4.12. The third kappa shape index (κ3) is 2.20. The van der Waals surface area contributed by atoms with E-state index < -0.39 is 5.69 Å². The van der Waals surface area contributed by atoms with Gasteiger partial charge in [0.05, 0.1) is 12.7 Å². The van der Waals surface area contributed by atoms with Crippen molar-refractivity contribution >= 4 is 0 Å². The summed E-state index contributed by atoms with van der Waals surface area (Å²) in [7, 11) is 0. The van der Waals surface area contributed by atoms with E-state index in [-0.39, 0.29) is 12.4 Å². The van der Waals surface area contributed by atoms with Crippen LogP contribution >= 0.6 is 0 Å². The first-order valence-corrected chi connectivity index (χ1v) is 5.90. The maximum atomic E-state index is 13.7. The highest BCUT2D eigenvalue weighted by atomic mass is 19.1. The van der Waals surface area contributed by atoms with Crippen LogP contribution in [0.25, 0.3) is 11.5 Å². The van der Waals surface area contributed by atoms with Crippen molar-refractivity contribution in [2.24, 2.45) is 0 Å². The summed E-state index contributed by atoms with van der Waals surface area (Å²) in [4.78, 5) is 19.8. The number of rotatable bonds is 3. The molecule has 7 heteroatoms. The van der Waals surface area contributed by atoms with Crippen LogP contribution in [0.1, 0.15) is 5.56 Å². The van der Waals surface area contributed by atoms with Crippen molar-refractivity contribution in [1.82, 2.24) is 24.7 Å². The molecule has 0 spiro atoms. The third-order valence-electron chi connectivity index (χ3n) is 2.84. The minimum Gasteiger partial charge on any atom is -0.269 e. The first-order valence-electron chi connectivity index (χ1n) is 5.90. The van der Waals surface area contributed by atoms with E-state index in [1.165, 1.54) is 29.2 Å². The quantitative estimate of drug-likeness (QED) is 0.777. The number of nitrogens with one attached hydrogen (secondary N) is 1. The molecule has 0 saturated carbocycles. The molecule has 20 heavy (non-hydrogen) atoms. The summed E-state index contributed by atoms with van der Waals surface area (Å²) in [6.07, 6.45) is 4.52. The fourth-order valence-electron chi connectivity index (χ4n) is 1.87. The van der Waals surface area contributed by atoms with E-state index in [0.717, 1.165) is 0 Å². The van der Waals surface area contributed by atoms with Gasteiger partial charge < -0.3 is 0 Å². The maximum Gasteiger partial charge on any atom is 0.343 e. The number of hydrogen-bond donors (Lipinski definition) is 1. The van der Waals surface area contributed by atoms with Crippen LogP contribution in [0.5, 0.6) is 0 Å². The first kappa shape index (κ1) is 12.2. The van der Waals surface area contributed by atoms with Gasteiger partial charge in [0, 0.05) is 18.0 Å². The Morgan fingerprint density at radius 2 is 2.10 bits per heavy atom. The monoisotopic (exact) mass is 271 g/mol. The molecule has 2 heterocycles. The Morgan fingerprint density at radius 1 is 1.25 bits per heavy atom. The highest BCUT2D eigenvalue weighted by Crippen LogP contribution is 2.13. The Morgan fingerprint density at radius 3 is 2.85 bits per heavy atom. The molecule has 0 radical (unpaired) electrons. The van der Waals surface area contributed by atoms with Crippen molar-refractivity contribution in [3.8, 4) is 11.5 Å². The van der Waals surface area contributed by atoms with Crippen molar-refractivity contribution in [2.75, 3.05) is 0 Å². The Labute approximate surface area is 113 Å². The van der Waals surface area contributed by atoms with E-state index in [4.69, 9.17) is 0 Å². The summed E-state index contributed by atoms with van der Waals surface area (Å²) in [5.74, 6) is -0.0444. The maximum absolute atomic E-state index is 13.7. The molecular weight excluding hydrogens is 261 g/mol. The van der Waals surface area contributed by atoms with Gasteiger partial charge in [-0.1, -0.05) is 18.2 Å². The summed E-state index contributed by atoms with van der Waals surface area (Å²) >= 11 is 0. The molecule has 2 aromatic heterocycles. The van der Waals surface area contributed by atoms with E-state index in [0.29, 0.717) is 17.1 Å². The predicted molar refractivity (Wildman–Crippen MR) is 69.4 cm³/mol. The predicted octanol–water partition coefficient (Wildman–Crippen LogP) is 1.22. The number of halogens is 1. The number of hydrogen-bond acceptors (Lipinski definition) is 4. The first-order chi connectivity index (χ1) is 9.75. The molecule has 0 saturated heterocycles. The fraction of sp³-hybridized carbons (Fsp3) is 0.0769. The lowest BCUT2D eigenvalue weighted by Gasteiger charge is -2.06. The van der Waals surface area contributed by atoms with Gasteiger partial charge in [-0.15, -0.1) is 0 Å². The molecule has 0 amide bonds. The Kier molecular flexibility index (Phi) is 3.08. The molecule has 3 rings (SSSR count). The van der Waals surface area contributed by atoms with Gasteiger partial charge >= 0.3 is 5.69 Å². The lowest BCUT2D eigenvalue weighted by atomic mass is 10.2. The average molecular weight is 271 g/mol. The number of nitrogens with zero attached hydrogens (tertiary/aromatic N) is 4. The molecule has 1 aromatic carbocycles. The summed E-state index contributed by atoms with van der Waals surface area (Å²) in [6.45, 7) is 0.0773. The zero-order valence-electron chi connectivity index (χ0n) is 10.3. The van der Waals surface area contributed by atoms with E-state index >= 15 is 0 Å². The van der Waals surface area contributed by atoms with Gasteiger partial charge in [0.1, 0.15) is 11.5 Å². The number of benzene rings is 1. The molecule has 1 N–H and O–H groups in total. The highest BCUT2D eigenvalue weighted by molar-refractivity contribution is 5.46. The molecule has 0 atom stereocenters. The van der Waals surface area contributed by atoms with E-state index in [2.05, 4.69) is 20.2 Å². The second-order valence-corrected chi connectivity index (χ2v) is 4.12. The largest absolute Gasteiger partial charge is 0.343 e. The normalized spacial score (nSPS) is 10.7. The van der Waals surface area contributed by atoms with Crippen LogP contribution in [0.2, 0.25) is 0 Å². The summed E-state index contributed by atoms with van der Waals surface area (Å²) < 4.78 is 15.0. The van der Waals surface area contributed by atoms with Crippen LogP contribution in [0.3, 0.4) is 0 Å². The lowest BCUT2D eigenvalue weighted by molar-refractivity contribution is 0.597. The van der Waals surface area contributed by atoms with E-state index in [9.17, 15) is 9.18 Å². The Bertz CT molecular complexity index is 781. The summed E-state index contributed by atoms with van der Waals surface area (Å²) in [6, 6.07) is 6.28. The zero-order valence-corrected chi connectivity index (χ0v) is 10.3. The van der Waals surface area contributed by atoms with Crippen LogP contribution in [0.4, 0.5) is 4.39 Å². The molecular formula is C13H10FN5O. The third-order valence-corrected chi connectivity index (χ3v) is 2.84. The SMILES string of the molecule is O=c1[nH]nc(-c2cnccn2)n1Cc1ccccc1F. The van der Waals surface area contributed by atoms with E-state index in [1.54, 1.807) is 18.2 Å². The van der Waals surface area contributed by atoms with Crippen molar-refractivity contribution in [3.05, 3.63) is 64.7 Å². The number of aromatic amines is 1. The van der Waals surface area contributed by atoms with Crippen LogP contribution in [-0.2, 0) is 6.54 Å². The molecule has 0 bridgehead atoms. The van der Waals surface area contributed by atoms with Gasteiger partial charge in [-0.2, -0.15) is 5.10 Å². The minimum absolute atomic E-state index is 0.0773. The molecule has 0 unspecified atom stereocenters. The summed E-state index contributed by atoms with van der Waals surface area (Å²) in [5, 5.41) is 6.25. The molecule has 0 aliphatic carbocycles. The van der Waals surface area contributed by atoms with Crippen molar-refractivity contribution in [2.45, 2.75) is 6.54 Å². The minimum atomic E-state index is -0.422. The molecule has 3 aromatic rings. The molecule has 0 fully saturated rings. The smallest absolute Gasteiger partial charge is 0.269 e. The van der Waals surface area contributed by atoms with Gasteiger partial charge in [0.15, 0.2) is 5.82 Å². The van der Waals surface area contributed by atoms with Gasteiger partial charge in [-0.05, 0) is 6.07 Å². The van der Waals surface area contributed by atoms with Crippen molar-refractivity contribution in [1.29, 1.82) is 0 Å². The van der Waals surface area contributed by atoms with Gasteiger partial charge in [0.2, 0.25) is 0 Å². The zero-order chi connectivity index (χ0) is 13.9. The fourth-order valence-corrected chi connectivity index (χ4v) is 1.87. The molecule has 0 aliphatic rings. The topological polar surface area (TPSA) is 76.5 Å². The van der Waals surface area contributed by atoms with Crippen LogP contribution in [0.15, 0.2) is 47.7 Å². The molecule has 100 valence electrons. The van der Waals surface area contributed by atoms with Gasteiger partial charge in [-0.25, -0.2) is 19.3 Å². The highest BCUT2D eigenvalue weighted by Gasteiger charge is 2.13. The van der Waals surface area contributed by atoms with Gasteiger partial charge in [-0.3, -0.25) is 9.55 Å². The van der Waals surface area contributed by atoms with Crippen LogP contribution in [0, 0.1) is 5.82 Å². The number of aromatic nitrogens is 5. The van der Waals surface area contributed by atoms with Crippen LogP contribution in [-0.4, -0.2) is 24.7 Å². The number of H-pyrrole nitrogens is 1. The lowest BCUT2D eigenvalue weighted by Crippen LogP contribution is -2.19. The molecule has 0 aliphatic heterocycles. The standard InChI is InChI=1S/C13H10FN5O/c14-10-4-2-1-3-9(10)8-19-12(17-18-13(19)20)11-7-15-5-6-16-11/h1-7H,8H2,(H,18,20). The Balaban J connectivity index is 2.05. The average Bonchev–Trinajstić information content (AvgIpc) is 2.84. The van der Waals surface area contributed by atoms with Gasteiger partial charge in [0.25, 0.3) is 0 Å².